The SMILES string of the molecule is CC(C)c1ccc(OCC(=O)N(Cc2cccc(Br)c2)[C@H](Cc2ccccc2)C(=O)NC(C)(C)C)c(Br)c1. The molecule has 0 fully saturated rings. The molecule has 3 aromatic carbocycles. The van der Waals surface area contributed by atoms with Crippen molar-refractivity contribution in [2.75, 3.05) is 6.61 Å². The van der Waals surface area contributed by atoms with Gasteiger partial charge in [0.1, 0.15) is 11.8 Å². The minimum Gasteiger partial charge on any atom is -0.483 e. The van der Waals surface area contributed by atoms with E-state index in [1.165, 1.54) is 5.56 Å². The van der Waals surface area contributed by atoms with E-state index in [4.69, 9.17) is 4.74 Å². The molecule has 5 nitrogen and oxygen atoms in total. The first-order valence-corrected chi connectivity index (χ1v) is 14.3. The minimum atomic E-state index is -0.724. The van der Waals surface area contributed by atoms with Crippen LogP contribution in [0.5, 0.6) is 5.75 Å². The molecule has 0 aliphatic carbocycles. The standard InChI is InChI=1S/C31H36Br2N2O3/c1-21(2)24-14-15-28(26(33)18-24)38-20-29(36)35(19-23-12-9-13-25(32)16-23)27(30(37)34-31(3,4)5)17-22-10-7-6-8-11-22/h6-16,18,21,27H,17,19-20H2,1-5H3,(H,34,37)/t27-/m1/s1. The van der Waals surface area contributed by atoms with E-state index >= 15 is 0 Å². The van der Waals surface area contributed by atoms with Crippen LogP contribution in [0.4, 0.5) is 0 Å². The number of halogens is 2. The van der Waals surface area contributed by atoms with Crippen molar-refractivity contribution < 1.29 is 14.3 Å². The average molecular weight is 644 g/mol. The van der Waals surface area contributed by atoms with Gasteiger partial charge in [0.2, 0.25) is 5.91 Å². The van der Waals surface area contributed by atoms with E-state index in [1.54, 1.807) is 4.90 Å². The van der Waals surface area contributed by atoms with Gasteiger partial charge in [0, 0.05) is 23.0 Å². The minimum absolute atomic E-state index is 0.193. The van der Waals surface area contributed by atoms with E-state index in [2.05, 4.69) is 51.0 Å². The Labute approximate surface area is 243 Å². The summed E-state index contributed by atoms with van der Waals surface area (Å²) in [7, 11) is 0. The third kappa shape index (κ3) is 8.98. The lowest BCUT2D eigenvalue weighted by Crippen LogP contribution is -2.55. The molecule has 0 radical (unpaired) electrons. The van der Waals surface area contributed by atoms with Crippen molar-refractivity contribution in [3.05, 3.63) is 98.4 Å². The van der Waals surface area contributed by atoms with E-state index in [9.17, 15) is 9.59 Å². The number of amides is 2. The van der Waals surface area contributed by atoms with Crippen molar-refractivity contribution in [2.45, 2.75) is 65.1 Å². The number of nitrogens with one attached hydrogen (secondary N) is 1. The zero-order valence-corrected chi connectivity index (χ0v) is 25.8. The maximum atomic E-state index is 13.8. The molecular formula is C31H36Br2N2O3. The van der Waals surface area contributed by atoms with Gasteiger partial charge in [0.15, 0.2) is 6.61 Å². The highest BCUT2D eigenvalue weighted by Crippen LogP contribution is 2.29. The molecule has 0 saturated heterocycles. The summed E-state index contributed by atoms with van der Waals surface area (Å²) in [6, 6.07) is 22.7. The van der Waals surface area contributed by atoms with Gasteiger partial charge in [-0.05, 0) is 83.6 Å². The number of carbonyl (C=O) groups excluding carboxylic acids is 2. The topological polar surface area (TPSA) is 58.6 Å². The average Bonchev–Trinajstić information content (AvgIpc) is 2.84. The second kappa shape index (κ2) is 13.4. The Balaban J connectivity index is 1.93. The molecule has 0 saturated carbocycles. The number of carbonyl (C=O) groups is 2. The van der Waals surface area contributed by atoms with Gasteiger partial charge in [-0.2, -0.15) is 0 Å². The lowest BCUT2D eigenvalue weighted by atomic mass is 10.0. The monoisotopic (exact) mass is 642 g/mol. The highest BCUT2D eigenvalue weighted by molar-refractivity contribution is 9.10. The van der Waals surface area contributed by atoms with E-state index < -0.39 is 11.6 Å². The van der Waals surface area contributed by atoms with Crippen molar-refractivity contribution in [1.29, 1.82) is 0 Å². The molecular weight excluding hydrogens is 608 g/mol. The zero-order valence-electron chi connectivity index (χ0n) is 22.6. The van der Waals surface area contributed by atoms with Crippen LogP contribution in [0, 0.1) is 0 Å². The van der Waals surface area contributed by atoms with Crippen LogP contribution in [0.15, 0.2) is 81.7 Å². The summed E-state index contributed by atoms with van der Waals surface area (Å²) in [6.07, 6.45) is 0.384. The molecule has 0 spiro atoms. The first kappa shape index (κ1) is 29.9. The lowest BCUT2D eigenvalue weighted by molar-refractivity contribution is -0.143. The van der Waals surface area contributed by atoms with Gasteiger partial charge in [0.05, 0.1) is 4.47 Å². The van der Waals surface area contributed by atoms with Crippen LogP contribution in [-0.4, -0.2) is 34.9 Å². The zero-order chi connectivity index (χ0) is 27.9. The van der Waals surface area contributed by atoms with E-state index in [0.29, 0.717) is 18.1 Å². The number of ether oxygens (including phenoxy) is 1. The second-order valence-electron chi connectivity index (χ2n) is 10.7. The van der Waals surface area contributed by atoms with Gasteiger partial charge < -0.3 is 15.0 Å². The number of nitrogens with zero attached hydrogens (tertiary/aromatic N) is 1. The van der Waals surface area contributed by atoms with Gasteiger partial charge in [-0.15, -0.1) is 0 Å². The van der Waals surface area contributed by atoms with Crippen LogP contribution in [0.3, 0.4) is 0 Å². The van der Waals surface area contributed by atoms with Crippen molar-refractivity contribution in [3.8, 4) is 5.75 Å². The lowest BCUT2D eigenvalue weighted by Gasteiger charge is -2.33. The second-order valence-corrected chi connectivity index (χ2v) is 12.5. The van der Waals surface area contributed by atoms with Crippen LogP contribution in [-0.2, 0) is 22.6 Å². The summed E-state index contributed by atoms with van der Waals surface area (Å²) in [5.41, 5.74) is 2.61. The fraction of sp³-hybridized carbons (Fsp3) is 0.355. The molecule has 0 unspecified atom stereocenters. The first-order chi connectivity index (χ1) is 17.9. The van der Waals surface area contributed by atoms with Gasteiger partial charge in [-0.3, -0.25) is 9.59 Å². The molecule has 38 heavy (non-hydrogen) atoms. The van der Waals surface area contributed by atoms with E-state index in [1.807, 2.05) is 93.6 Å². The fourth-order valence-electron chi connectivity index (χ4n) is 4.05. The molecule has 1 atom stereocenters. The van der Waals surface area contributed by atoms with Crippen molar-refractivity contribution in [2.24, 2.45) is 0 Å². The molecule has 0 aliphatic heterocycles. The van der Waals surface area contributed by atoms with E-state index in [-0.39, 0.29) is 25.0 Å². The molecule has 7 heteroatoms. The largest absolute Gasteiger partial charge is 0.483 e. The van der Waals surface area contributed by atoms with Gasteiger partial charge in [0.25, 0.3) is 5.91 Å². The molecule has 202 valence electrons. The summed E-state index contributed by atoms with van der Waals surface area (Å²) in [5.74, 6) is 0.494. The fourth-order valence-corrected chi connectivity index (χ4v) is 5.01. The predicted octanol–water partition coefficient (Wildman–Crippen LogP) is 7.27. The van der Waals surface area contributed by atoms with Crippen LogP contribution in [0.2, 0.25) is 0 Å². The highest BCUT2D eigenvalue weighted by Gasteiger charge is 2.32. The van der Waals surface area contributed by atoms with Crippen molar-refractivity contribution >= 4 is 43.7 Å². The third-order valence-corrected chi connectivity index (χ3v) is 7.10. The Bertz CT molecular complexity index is 1240. The first-order valence-electron chi connectivity index (χ1n) is 12.7. The molecule has 0 heterocycles. The quantitative estimate of drug-likeness (QED) is 0.253. The molecule has 3 aromatic rings. The normalized spacial score (nSPS) is 12.2. The molecule has 3 rings (SSSR count). The Hall–Kier alpha value is -2.64. The summed E-state index contributed by atoms with van der Waals surface area (Å²) in [4.78, 5) is 29.1. The number of hydrogen-bond acceptors (Lipinski definition) is 3. The van der Waals surface area contributed by atoms with Crippen molar-refractivity contribution in [3.63, 3.8) is 0 Å². The molecule has 0 bridgehead atoms. The molecule has 0 aromatic heterocycles. The van der Waals surface area contributed by atoms with Gasteiger partial charge in [-0.1, -0.05) is 78.3 Å². The van der Waals surface area contributed by atoms with E-state index in [0.717, 1.165) is 20.1 Å². The maximum Gasteiger partial charge on any atom is 0.261 e. The number of hydrogen-bond donors (Lipinski definition) is 1. The van der Waals surface area contributed by atoms with Gasteiger partial charge in [-0.25, -0.2) is 0 Å². The molecule has 1 N–H and O–H groups in total. The van der Waals surface area contributed by atoms with Crippen molar-refractivity contribution in [1.82, 2.24) is 10.2 Å². The Morgan fingerprint density at radius 3 is 2.21 bits per heavy atom. The maximum absolute atomic E-state index is 13.8. The predicted molar refractivity (Wildman–Crippen MR) is 160 cm³/mol. The highest BCUT2D eigenvalue weighted by atomic mass is 79.9. The summed E-state index contributed by atoms with van der Waals surface area (Å²) >= 11 is 7.10. The molecule has 2 amide bonds. The summed E-state index contributed by atoms with van der Waals surface area (Å²) in [6.45, 7) is 10.1. The van der Waals surface area contributed by atoms with Crippen LogP contribution >= 0.6 is 31.9 Å². The Kier molecular flexibility index (Phi) is 10.6. The van der Waals surface area contributed by atoms with Crippen LogP contribution < -0.4 is 10.1 Å². The number of rotatable bonds is 10. The Morgan fingerprint density at radius 2 is 1.61 bits per heavy atom. The Morgan fingerprint density at radius 1 is 0.921 bits per heavy atom. The molecule has 0 aliphatic rings. The van der Waals surface area contributed by atoms with Gasteiger partial charge >= 0.3 is 0 Å². The van der Waals surface area contributed by atoms with Crippen LogP contribution in [0.1, 0.15) is 57.2 Å². The number of benzene rings is 3. The smallest absolute Gasteiger partial charge is 0.261 e. The van der Waals surface area contributed by atoms with Crippen LogP contribution in [0.25, 0.3) is 0 Å². The summed E-state index contributed by atoms with van der Waals surface area (Å²) in [5, 5.41) is 3.08. The third-order valence-electron chi connectivity index (χ3n) is 5.98. The summed E-state index contributed by atoms with van der Waals surface area (Å²) < 4.78 is 7.68.